The van der Waals surface area contributed by atoms with Gasteiger partial charge in [0, 0.05) is 44.3 Å². The average Bonchev–Trinajstić information content (AvgIpc) is 2.77. The molecule has 2 N–H and O–H groups in total. The van der Waals surface area contributed by atoms with E-state index in [1.165, 1.54) is 25.7 Å². The van der Waals surface area contributed by atoms with Crippen LogP contribution in [0.15, 0.2) is 18.3 Å². The Bertz CT molecular complexity index is 590. The Morgan fingerprint density at radius 2 is 2.12 bits per heavy atom. The third-order valence-corrected chi connectivity index (χ3v) is 6.12. The number of amides is 1. The maximum absolute atomic E-state index is 11.5. The number of carbonyl (C=O) groups is 1. The molecule has 132 valence electrons. The van der Waals surface area contributed by atoms with Crippen LogP contribution in [0.25, 0.3) is 0 Å². The van der Waals surface area contributed by atoms with Gasteiger partial charge in [0.25, 0.3) is 5.91 Å². The standard InChI is InChI=1S/C19H29N3O2/c1-4-5-13(2)22-11-15-6-7-16(12-22)19(15,24-3)14-8-9-21-17(10-14)18(20)23/h8-10,13,15-16H,4-7,11-12H2,1-3H3,(H2,20,23)/t13-,15?,16?,19?/m1/s1. The van der Waals surface area contributed by atoms with Gasteiger partial charge < -0.3 is 10.5 Å². The van der Waals surface area contributed by atoms with Gasteiger partial charge in [0.15, 0.2) is 0 Å². The van der Waals surface area contributed by atoms with Crippen LogP contribution in [0.2, 0.25) is 0 Å². The fourth-order valence-corrected chi connectivity index (χ4v) is 4.95. The van der Waals surface area contributed by atoms with Crippen LogP contribution in [0.4, 0.5) is 0 Å². The summed E-state index contributed by atoms with van der Waals surface area (Å²) in [6.45, 7) is 6.69. The van der Waals surface area contributed by atoms with Crippen molar-refractivity contribution in [1.82, 2.24) is 9.88 Å². The van der Waals surface area contributed by atoms with Gasteiger partial charge in [-0.15, -0.1) is 0 Å². The molecule has 1 aliphatic heterocycles. The Morgan fingerprint density at radius 1 is 1.46 bits per heavy atom. The van der Waals surface area contributed by atoms with E-state index in [9.17, 15) is 4.79 Å². The van der Waals surface area contributed by atoms with Crippen LogP contribution in [0.1, 0.15) is 55.6 Å². The largest absolute Gasteiger partial charge is 0.373 e. The molecule has 2 bridgehead atoms. The number of primary amides is 1. The normalized spacial score (nSPS) is 31.1. The van der Waals surface area contributed by atoms with Crippen molar-refractivity contribution in [2.24, 2.45) is 17.6 Å². The SMILES string of the molecule is CCC[C@@H](C)N1CC2CCC(C1)C2(OC)c1ccnc(C(N)=O)c1. The van der Waals surface area contributed by atoms with Gasteiger partial charge in [0.2, 0.25) is 0 Å². The van der Waals surface area contributed by atoms with E-state index in [1.807, 2.05) is 12.1 Å². The highest BCUT2D eigenvalue weighted by molar-refractivity contribution is 5.90. The van der Waals surface area contributed by atoms with E-state index >= 15 is 0 Å². The predicted molar refractivity (Wildman–Crippen MR) is 93.6 cm³/mol. The van der Waals surface area contributed by atoms with Gasteiger partial charge >= 0.3 is 0 Å². The number of fused-ring (bicyclic) bond motifs is 2. The number of hydrogen-bond acceptors (Lipinski definition) is 4. The van der Waals surface area contributed by atoms with E-state index in [2.05, 4.69) is 23.7 Å². The number of ether oxygens (including phenoxy) is 1. The third-order valence-electron chi connectivity index (χ3n) is 6.12. The van der Waals surface area contributed by atoms with Gasteiger partial charge in [-0.05, 0) is 43.9 Å². The minimum Gasteiger partial charge on any atom is -0.373 e. The Balaban J connectivity index is 1.92. The summed E-state index contributed by atoms with van der Waals surface area (Å²) < 4.78 is 6.17. The minimum atomic E-state index is -0.482. The summed E-state index contributed by atoms with van der Waals surface area (Å²) in [7, 11) is 1.81. The Morgan fingerprint density at radius 3 is 2.67 bits per heavy atom. The maximum Gasteiger partial charge on any atom is 0.267 e. The van der Waals surface area contributed by atoms with E-state index in [0.29, 0.717) is 23.6 Å². The molecule has 1 amide bonds. The van der Waals surface area contributed by atoms with Crippen LogP contribution >= 0.6 is 0 Å². The van der Waals surface area contributed by atoms with Gasteiger partial charge in [-0.25, -0.2) is 0 Å². The Kier molecular flexibility index (Phi) is 4.92. The van der Waals surface area contributed by atoms with Crippen LogP contribution in [0, 0.1) is 11.8 Å². The molecule has 2 unspecified atom stereocenters. The number of nitrogens with zero attached hydrogens (tertiary/aromatic N) is 2. The lowest BCUT2D eigenvalue weighted by molar-refractivity contribution is -0.124. The highest BCUT2D eigenvalue weighted by Gasteiger charge is 2.55. The molecule has 1 aromatic heterocycles. The Hall–Kier alpha value is -1.46. The van der Waals surface area contributed by atoms with Gasteiger partial charge in [0.05, 0.1) is 0 Å². The number of aromatic nitrogens is 1. The molecule has 1 aromatic rings. The van der Waals surface area contributed by atoms with Gasteiger partial charge in [-0.3, -0.25) is 14.7 Å². The molecule has 0 spiro atoms. The lowest BCUT2D eigenvalue weighted by Gasteiger charge is -2.49. The average molecular weight is 331 g/mol. The van der Waals surface area contributed by atoms with E-state index in [1.54, 1.807) is 13.3 Å². The first-order valence-electron chi connectivity index (χ1n) is 9.08. The molecule has 24 heavy (non-hydrogen) atoms. The highest BCUT2D eigenvalue weighted by Crippen LogP contribution is 2.53. The molecule has 3 atom stereocenters. The number of carbonyl (C=O) groups excluding carboxylic acids is 1. The quantitative estimate of drug-likeness (QED) is 0.870. The van der Waals surface area contributed by atoms with Crippen LogP contribution < -0.4 is 5.73 Å². The molecule has 3 rings (SSSR count). The summed E-state index contributed by atoms with van der Waals surface area (Å²) in [5.41, 5.74) is 6.50. The summed E-state index contributed by atoms with van der Waals surface area (Å²) >= 11 is 0. The summed E-state index contributed by atoms with van der Waals surface area (Å²) in [4.78, 5) is 18.3. The molecular weight excluding hydrogens is 302 g/mol. The molecule has 0 radical (unpaired) electrons. The molecule has 2 heterocycles. The third kappa shape index (κ3) is 2.74. The molecule has 5 heteroatoms. The lowest BCUT2D eigenvalue weighted by Crippen LogP contribution is -2.55. The Labute approximate surface area is 144 Å². The van der Waals surface area contributed by atoms with Crippen LogP contribution in [0.3, 0.4) is 0 Å². The zero-order valence-corrected chi connectivity index (χ0v) is 15.0. The molecule has 0 aromatic carbocycles. The zero-order valence-electron chi connectivity index (χ0n) is 15.0. The first-order valence-corrected chi connectivity index (χ1v) is 9.08. The lowest BCUT2D eigenvalue weighted by atomic mass is 9.74. The van der Waals surface area contributed by atoms with Crippen molar-refractivity contribution in [3.63, 3.8) is 0 Å². The second-order valence-electron chi connectivity index (χ2n) is 7.35. The number of rotatable bonds is 6. The number of methoxy groups -OCH3 is 1. The first kappa shape index (κ1) is 17.4. The monoisotopic (exact) mass is 331 g/mol. The number of nitrogens with two attached hydrogens (primary N) is 1. The van der Waals surface area contributed by atoms with Gasteiger partial charge in [0.1, 0.15) is 11.3 Å². The van der Waals surface area contributed by atoms with Crippen molar-refractivity contribution < 1.29 is 9.53 Å². The molecule has 1 saturated carbocycles. The number of hydrogen-bond donors (Lipinski definition) is 1. The molecule has 2 fully saturated rings. The number of piperidine rings is 1. The predicted octanol–water partition coefficient (Wildman–Crippen LogP) is 2.55. The van der Waals surface area contributed by atoms with Crippen molar-refractivity contribution in [2.45, 2.75) is 51.2 Å². The van der Waals surface area contributed by atoms with E-state index in [4.69, 9.17) is 10.5 Å². The van der Waals surface area contributed by atoms with Crippen molar-refractivity contribution in [3.8, 4) is 0 Å². The second-order valence-corrected chi connectivity index (χ2v) is 7.35. The number of likely N-dealkylation sites (tertiary alicyclic amines) is 1. The summed E-state index contributed by atoms with van der Waals surface area (Å²) in [6.07, 6.45) is 6.47. The fourth-order valence-electron chi connectivity index (χ4n) is 4.95. The topological polar surface area (TPSA) is 68.4 Å². The van der Waals surface area contributed by atoms with Crippen molar-refractivity contribution in [2.75, 3.05) is 20.2 Å². The maximum atomic E-state index is 11.5. The van der Waals surface area contributed by atoms with Gasteiger partial charge in [-0.1, -0.05) is 13.3 Å². The summed E-state index contributed by atoms with van der Waals surface area (Å²) in [5.74, 6) is 0.414. The molecule has 5 nitrogen and oxygen atoms in total. The van der Waals surface area contributed by atoms with Crippen molar-refractivity contribution in [3.05, 3.63) is 29.6 Å². The van der Waals surface area contributed by atoms with Crippen molar-refractivity contribution in [1.29, 1.82) is 0 Å². The molecule has 1 aliphatic carbocycles. The van der Waals surface area contributed by atoms with E-state index in [0.717, 1.165) is 18.7 Å². The second kappa shape index (κ2) is 6.81. The van der Waals surface area contributed by atoms with Crippen LogP contribution in [-0.4, -0.2) is 42.0 Å². The molecular formula is C19H29N3O2. The van der Waals surface area contributed by atoms with Crippen LogP contribution in [-0.2, 0) is 10.3 Å². The zero-order chi connectivity index (χ0) is 17.3. The minimum absolute atomic E-state index is 0.310. The molecule has 2 aliphatic rings. The van der Waals surface area contributed by atoms with E-state index < -0.39 is 5.91 Å². The fraction of sp³-hybridized carbons (Fsp3) is 0.684. The highest BCUT2D eigenvalue weighted by atomic mass is 16.5. The summed E-state index contributed by atoms with van der Waals surface area (Å²) in [6, 6.07) is 4.45. The van der Waals surface area contributed by atoms with Crippen molar-refractivity contribution >= 4 is 5.91 Å². The smallest absolute Gasteiger partial charge is 0.267 e. The van der Waals surface area contributed by atoms with Gasteiger partial charge in [-0.2, -0.15) is 0 Å². The number of pyridine rings is 1. The van der Waals surface area contributed by atoms with E-state index in [-0.39, 0.29) is 5.60 Å². The first-order chi connectivity index (χ1) is 11.5. The molecule has 1 saturated heterocycles. The van der Waals surface area contributed by atoms with Crippen LogP contribution in [0.5, 0.6) is 0 Å². The summed E-state index contributed by atoms with van der Waals surface area (Å²) in [5, 5.41) is 0.